The van der Waals surface area contributed by atoms with E-state index in [0.29, 0.717) is 13.0 Å². The van der Waals surface area contributed by atoms with E-state index in [9.17, 15) is 19.9 Å². The van der Waals surface area contributed by atoms with Crippen LogP contribution in [0.25, 0.3) is 0 Å². The minimum absolute atomic E-state index is 0.0963. The van der Waals surface area contributed by atoms with Crippen molar-refractivity contribution in [1.29, 1.82) is 0 Å². The lowest BCUT2D eigenvalue weighted by Gasteiger charge is -2.27. The van der Waals surface area contributed by atoms with Crippen LogP contribution in [0.1, 0.15) is 12.8 Å². The van der Waals surface area contributed by atoms with Crippen LogP contribution in [0.2, 0.25) is 0 Å². The third-order valence-corrected chi connectivity index (χ3v) is 3.05. The molecule has 3 atom stereocenters. The van der Waals surface area contributed by atoms with E-state index in [2.05, 4.69) is 10.6 Å². The number of hydrogen-bond donors (Lipinski definition) is 4. The van der Waals surface area contributed by atoms with Crippen molar-refractivity contribution in [1.82, 2.24) is 15.7 Å². The maximum atomic E-state index is 11.4. The molecule has 0 aromatic heterocycles. The summed E-state index contributed by atoms with van der Waals surface area (Å²) in [5.74, 6) is -0.941. The number of aliphatic hydroxyl groups excluding tert-OH is 1. The zero-order valence-electron chi connectivity index (χ0n) is 10.0. The van der Waals surface area contributed by atoms with Gasteiger partial charge in [0, 0.05) is 26.6 Å². The lowest BCUT2D eigenvalue weighted by molar-refractivity contribution is -0.159. The van der Waals surface area contributed by atoms with E-state index in [1.54, 1.807) is 0 Å². The Hall–Kier alpha value is -1.18. The molecule has 0 saturated carbocycles. The first kappa shape index (κ1) is 13.9. The number of amides is 2. The van der Waals surface area contributed by atoms with Crippen LogP contribution in [0, 0.1) is 5.92 Å². The summed E-state index contributed by atoms with van der Waals surface area (Å²) in [4.78, 5) is 22.7. The predicted octanol–water partition coefficient (Wildman–Crippen LogP) is -1.69. The van der Waals surface area contributed by atoms with Crippen molar-refractivity contribution in [3.63, 3.8) is 0 Å². The third-order valence-electron chi connectivity index (χ3n) is 3.05. The van der Waals surface area contributed by atoms with Gasteiger partial charge >= 0.3 is 0 Å². The molecular formula is C10H19N3O4. The topological polar surface area (TPSA) is 102 Å². The first-order chi connectivity index (χ1) is 7.97. The number of carbonyl (C=O) groups is 2. The number of aliphatic hydroxyl groups is 1. The standard InChI is InChI=1S/C10H19N3O4/c1-11-10(16)8(14)7(13(2)17)5-6-3-4-12-9(6)15/h6-8,14,17H,3-5H2,1-2H3,(H,11,16)(H,12,15). The maximum absolute atomic E-state index is 11.4. The molecule has 1 rings (SSSR count). The van der Waals surface area contributed by atoms with Crippen molar-refractivity contribution < 1.29 is 19.9 Å². The summed E-state index contributed by atoms with van der Waals surface area (Å²) in [6.45, 7) is 0.599. The van der Waals surface area contributed by atoms with Crippen LogP contribution in [0.15, 0.2) is 0 Å². The Labute approximate surface area is 99.7 Å². The molecule has 1 saturated heterocycles. The maximum Gasteiger partial charge on any atom is 0.250 e. The quantitative estimate of drug-likeness (QED) is 0.433. The minimum Gasteiger partial charge on any atom is -0.382 e. The van der Waals surface area contributed by atoms with Crippen LogP contribution in [0.5, 0.6) is 0 Å². The predicted molar refractivity (Wildman–Crippen MR) is 59.1 cm³/mol. The molecule has 0 bridgehead atoms. The lowest BCUT2D eigenvalue weighted by Crippen LogP contribution is -2.49. The molecule has 1 aliphatic rings. The first-order valence-corrected chi connectivity index (χ1v) is 5.56. The molecule has 0 aromatic rings. The van der Waals surface area contributed by atoms with Crippen LogP contribution in [-0.2, 0) is 9.59 Å². The molecule has 0 spiro atoms. The summed E-state index contributed by atoms with van der Waals surface area (Å²) in [7, 11) is 2.76. The van der Waals surface area contributed by atoms with Gasteiger partial charge in [-0.25, -0.2) is 0 Å². The van der Waals surface area contributed by atoms with E-state index < -0.39 is 18.1 Å². The van der Waals surface area contributed by atoms with Crippen LogP contribution >= 0.6 is 0 Å². The molecule has 1 heterocycles. The van der Waals surface area contributed by atoms with E-state index in [0.717, 1.165) is 5.06 Å². The normalized spacial score (nSPS) is 23.4. The van der Waals surface area contributed by atoms with Gasteiger partial charge in [0.2, 0.25) is 11.8 Å². The Morgan fingerprint density at radius 1 is 1.71 bits per heavy atom. The molecule has 98 valence electrons. The second-order valence-corrected chi connectivity index (χ2v) is 4.21. The zero-order chi connectivity index (χ0) is 13.0. The van der Waals surface area contributed by atoms with Crippen molar-refractivity contribution in [2.45, 2.75) is 25.0 Å². The van der Waals surface area contributed by atoms with Gasteiger partial charge in [-0.05, 0) is 12.8 Å². The second-order valence-electron chi connectivity index (χ2n) is 4.21. The van der Waals surface area contributed by atoms with Crippen LogP contribution in [-0.4, -0.2) is 60.0 Å². The first-order valence-electron chi connectivity index (χ1n) is 5.56. The average molecular weight is 245 g/mol. The van der Waals surface area contributed by atoms with Crippen molar-refractivity contribution in [2.24, 2.45) is 5.92 Å². The number of nitrogens with one attached hydrogen (secondary N) is 2. The summed E-state index contributed by atoms with van der Waals surface area (Å²) in [5.41, 5.74) is 0. The Morgan fingerprint density at radius 2 is 2.35 bits per heavy atom. The Morgan fingerprint density at radius 3 is 2.76 bits per heavy atom. The highest BCUT2D eigenvalue weighted by Gasteiger charge is 2.34. The fraction of sp³-hybridized carbons (Fsp3) is 0.800. The number of carbonyl (C=O) groups excluding carboxylic acids is 2. The largest absolute Gasteiger partial charge is 0.382 e. The van der Waals surface area contributed by atoms with Gasteiger partial charge in [-0.3, -0.25) is 9.59 Å². The molecule has 2 amide bonds. The number of hydrogen-bond acceptors (Lipinski definition) is 5. The summed E-state index contributed by atoms with van der Waals surface area (Å²) in [6.07, 6.45) is -0.458. The van der Waals surface area contributed by atoms with Crippen molar-refractivity contribution in [3.05, 3.63) is 0 Å². The molecule has 0 aromatic carbocycles. The highest BCUT2D eigenvalue weighted by Crippen LogP contribution is 2.20. The van der Waals surface area contributed by atoms with Gasteiger partial charge < -0.3 is 20.9 Å². The van der Waals surface area contributed by atoms with Crippen molar-refractivity contribution in [2.75, 3.05) is 20.6 Å². The fourth-order valence-electron chi connectivity index (χ4n) is 1.97. The molecule has 1 aliphatic heterocycles. The molecule has 3 unspecified atom stereocenters. The van der Waals surface area contributed by atoms with Gasteiger partial charge in [0.15, 0.2) is 6.10 Å². The minimum atomic E-state index is -1.36. The second kappa shape index (κ2) is 5.95. The van der Waals surface area contributed by atoms with Gasteiger partial charge in [-0.15, -0.1) is 0 Å². The van der Waals surface area contributed by atoms with Gasteiger partial charge in [0.1, 0.15) is 0 Å². The summed E-state index contributed by atoms with van der Waals surface area (Å²) in [6, 6.07) is -0.788. The summed E-state index contributed by atoms with van der Waals surface area (Å²) >= 11 is 0. The summed E-state index contributed by atoms with van der Waals surface area (Å²) in [5, 5.41) is 25.0. The molecule has 0 radical (unpaired) electrons. The molecule has 0 aliphatic carbocycles. The smallest absolute Gasteiger partial charge is 0.250 e. The molecule has 7 heteroatoms. The monoisotopic (exact) mass is 245 g/mol. The molecule has 17 heavy (non-hydrogen) atoms. The van der Waals surface area contributed by atoms with Gasteiger partial charge in [0.05, 0.1) is 6.04 Å². The Bertz CT molecular complexity index is 295. The molecule has 1 fully saturated rings. The van der Waals surface area contributed by atoms with Gasteiger partial charge in [-0.1, -0.05) is 0 Å². The van der Waals surface area contributed by atoms with E-state index >= 15 is 0 Å². The molecule has 7 nitrogen and oxygen atoms in total. The number of rotatable bonds is 5. The molecule has 4 N–H and O–H groups in total. The lowest BCUT2D eigenvalue weighted by atomic mass is 9.94. The van der Waals surface area contributed by atoms with Crippen molar-refractivity contribution >= 4 is 11.8 Å². The van der Waals surface area contributed by atoms with Crippen LogP contribution in [0.4, 0.5) is 0 Å². The van der Waals surface area contributed by atoms with Gasteiger partial charge in [0.25, 0.3) is 0 Å². The SMILES string of the molecule is CNC(=O)C(O)C(CC1CCNC1=O)N(C)O. The fourth-order valence-corrected chi connectivity index (χ4v) is 1.97. The number of likely N-dealkylation sites (N-methyl/N-ethyl adjacent to an activating group) is 2. The number of nitrogens with zero attached hydrogens (tertiary/aromatic N) is 1. The highest BCUT2D eigenvalue weighted by atomic mass is 16.5. The van der Waals surface area contributed by atoms with Crippen LogP contribution in [0.3, 0.4) is 0 Å². The van der Waals surface area contributed by atoms with E-state index in [-0.39, 0.29) is 18.2 Å². The van der Waals surface area contributed by atoms with Gasteiger partial charge in [-0.2, -0.15) is 5.06 Å². The molecular weight excluding hydrogens is 226 g/mol. The van der Waals surface area contributed by atoms with Crippen molar-refractivity contribution in [3.8, 4) is 0 Å². The van der Waals surface area contributed by atoms with E-state index in [1.807, 2.05) is 0 Å². The van der Waals surface area contributed by atoms with E-state index in [1.165, 1.54) is 14.1 Å². The summed E-state index contributed by atoms with van der Waals surface area (Å²) < 4.78 is 0. The Balaban J connectivity index is 2.65. The average Bonchev–Trinajstić information content (AvgIpc) is 2.69. The van der Waals surface area contributed by atoms with Crippen LogP contribution < -0.4 is 10.6 Å². The van der Waals surface area contributed by atoms with E-state index in [4.69, 9.17) is 0 Å². The number of hydroxylamine groups is 2. The zero-order valence-corrected chi connectivity index (χ0v) is 10.0. The third kappa shape index (κ3) is 3.39. The Kier molecular flexibility index (Phi) is 4.86. The highest BCUT2D eigenvalue weighted by molar-refractivity contribution is 5.82.